The molecule has 35 heavy (non-hydrogen) atoms. The van der Waals surface area contributed by atoms with Gasteiger partial charge in [-0.25, -0.2) is 10.6 Å². The number of amidine groups is 1. The van der Waals surface area contributed by atoms with Crippen molar-refractivity contribution in [1.82, 2.24) is 15.4 Å². The molecule has 1 aliphatic heterocycles. The molecular formula is C23H30N8O4. The van der Waals surface area contributed by atoms with Gasteiger partial charge in [0.2, 0.25) is 0 Å². The average molecular weight is 483 g/mol. The van der Waals surface area contributed by atoms with Gasteiger partial charge in [0, 0.05) is 43.4 Å². The quantitative estimate of drug-likeness (QED) is 0.294. The number of nitrogens with zero attached hydrogens (tertiary/aromatic N) is 4. The molecule has 3 heterocycles. The third-order valence-corrected chi connectivity index (χ3v) is 5.58. The number of fused-ring (bicyclic) bond motifs is 1. The molecule has 1 aromatic carbocycles. The molecule has 0 spiro atoms. The fourth-order valence-electron chi connectivity index (χ4n) is 3.64. The van der Waals surface area contributed by atoms with Gasteiger partial charge in [0.1, 0.15) is 17.5 Å². The number of carbonyl (C=O) groups excluding carboxylic acids is 1. The highest BCUT2D eigenvalue weighted by Crippen LogP contribution is 2.35. The van der Waals surface area contributed by atoms with Gasteiger partial charge in [-0.15, -0.1) is 0 Å². The van der Waals surface area contributed by atoms with E-state index >= 15 is 0 Å². The van der Waals surface area contributed by atoms with Crippen molar-refractivity contribution < 1.29 is 18.8 Å². The smallest absolute Gasteiger partial charge is 0.324 e. The summed E-state index contributed by atoms with van der Waals surface area (Å²) in [5.41, 5.74) is 2.66. The van der Waals surface area contributed by atoms with Crippen LogP contribution >= 0.6 is 0 Å². The van der Waals surface area contributed by atoms with Crippen molar-refractivity contribution in [3.05, 3.63) is 53.5 Å². The number of ether oxygens (including phenoxy) is 2. The number of rotatable bonds is 7. The lowest BCUT2D eigenvalue weighted by Crippen LogP contribution is -2.41. The number of aliphatic imine (C=N–C) groups is 1. The van der Waals surface area contributed by atoms with E-state index in [0.29, 0.717) is 29.5 Å². The molecule has 186 valence electrons. The van der Waals surface area contributed by atoms with Crippen molar-refractivity contribution in [2.75, 3.05) is 29.9 Å². The van der Waals surface area contributed by atoms with E-state index in [1.54, 1.807) is 38.6 Å². The van der Waals surface area contributed by atoms with Crippen LogP contribution in [-0.4, -0.2) is 47.7 Å². The summed E-state index contributed by atoms with van der Waals surface area (Å²) >= 11 is 0. The van der Waals surface area contributed by atoms with Gasteiger partial charge >= 0.3 is 6.03 Å². The topological polar surface area (TPSA) is 156 Å². The number of aromatic nitrogens is 3. The summed E-state index contributed by atoms with van der Waals surface area (Å²) in [5, 5.41) is 17.9. The average Bonchev–Trinajstić information content (AvgIpc) is 3.50. The van der Waals surface area contributed by atoms with E-state index in [9.17, 15) is 4.79 Å². The Hall–Kier alpha value is -3.74. The Morgan fingerprint density at radius 2 is 1.94 bits per heavy atom. The Morgan fingerprint density at radius 3 is 2.57 bits per heavy atom. The molecule has 3 aromatic rings. The number of benzene rings is 1. The maximum atomic E-state index is 12.4. The molecule has 12 nitrogen and oxygen atoms in total. The second-order valence-corrected chi connectivity index (χ2v) is 9.13. The number of amides is 2. The van der Waals surface area contributed by atoms with Gasteiger partial charge in [-0.3, -0.25) is 20.4 Å². The number of hydrazine groups is 1. The van der Waals surface area contributed by atoms with Gasteiger partial charge in [-0.2, -0.15) is 5.10 Å². The molecule has 1 atom stereocenters. The van der Waals surface area contributed by atoms with E-state index in [1.807, 2.05) is 32.9 Å². The highest BCUT2D eigenvalue weighted by atomic mass is 16.7. The Balaban J connectivity index is 1.47. The third kappa shape index (κ3) is 5.34. The van der Waals surface area contributed by atoms with Crippen LogP contribution in [0.15, 0.2) is 46.0 Å². The minimum atomic E-state index is -0.435. The van der Waals surface area contributed by atoms with Crippen LogP contribution in [0.1, 0.15) is 50.3 Å². The van der Waals surface area contributed by atoms with E-state index in [0.717, 1.165) is 16.9 Å². The lowest BCUT2D eigenvalue weighted by molar-refractivity contribution is -0.109. The van der Waals surface area contributed by atoms with Crippen LogP contribution in [0.2, 0.25) is 0 Å². The number of aromatic amines is 1. The second kappa shape index (κ2) is 9.86. The predicted molar refractivity (Wildman–Crippen MR) is 131 cm³/mol. The van der Waals surface area contributed by atoms with E-state index in [4.69, 9.17) is 24.8 Å². The zero-order chi connectivity index (χ0) is 25.2. The number of nitrogens with two attached hydrogens (primary N) is 1. The Labute approximate surface area is 202 Å². The van der Waals surface area contributed by atoms with Gasteiger partial charge in [0.15, 0.2) is 17.9 Å². The van der Waals surface area contributed by atoms with Gasteiger partial charge in [0.25, 0.3) is 0 Å². The van der Waals surface area contributed by atoms with Crippen LogP contribution in [0.25, 0.3) is 0 Å². The summed E-state index contributed by atoms with van der Waals surface area (Å²) in [6.07, 6.45) is 1.71. The Morgan fingerprint density at radius 1 is 1.23 bits per heavy atom. The number of methoxy groups -OCH3 is 2. The summed E-state index contributed by atoms with van der Waals surface area (Å²) in [5.74, 6) is 7.92. The summed E-state index contributed by atoms with van der Waals surface area (Å²) in [4.78, 5) is 17.2. The monoisotopic (exact) mass is 482 g/mol. The number of hydrogen-bond acceptors (Lipinski definition) is 9. The maximum absolute atomic E-state index is 12.4. The van der Waals surface area contributed by atoms with Crippen molar-refractivity contribution in [2.24, 2.45) is 10.8 Å². The van der Waals surface area contributed by atoms with E-state index in [1.165, 1.54) is 5.01 Å². The number of urea groups is 1. The molecule has 2 amide bonds. The molecule has 0 saturated heterocycles. The number of nitrogens with one attached hydrogen (secondary N) is 3. The first-order valence-electron chi connectivity index (χ1n) is 11.1. The predicted octanol–water partition coefficient (Wildman–Crippen LogP) is 3.53. The molecule has 1 aliphatic rings. The number of anilines is 3. The molecule has 0 fully saturated rings. The molecule has 4 rings (SSSR count). The fourth-order valence-corrected chi connectivity index (χ4v) is 3.64. The standard InChI is InChI=1S/C23H30N8O4/c1-23(2,3)17-11-18(30-35-17)28-22(32)26-14-8-6-13(7-9-14)21-27-15(10-19(33-4)34-5)20-16(31(21)24)12-25-29-20/h6-9,11-12,15,19H,10,24H2,1-5H3,(H,25,29)(H2,26,28,30,32). The van der Waals surface area contributed by atoms with Crippen LogP contribution in [0.3, 0.4) is 0 Å². The van der Waals surface area contributed by atoms with Crippen molar-refractivity contribution in [1.29, 1.82) is 0 Å². The first-order valence-corrected chi connectivity index (χ1v) is 11.1. The summed E-state index contributed by atoms with van der Waals surface area (Å²) in [6, 6.07) is 8.18. The van der Waals surface area contributed by atoms with Crippen molar-refractivity contribution >= 4 is 29.1 Å². The Bertz CT molecular complexity index is 1190. The molecule has 2 aromatic heterocycles. The highest BCUT2D eigenvalue weighted by Gasteiger charge is 2.31. The zero-order valence-corrected chi connectivity index (χ0v) is 20.3. The zero-order valence-electron chi connectivity index (χ0n) is 20.3. The van der Waals surface area contributed by atoms with Gasteiger partial charge < -0.3 is 19.3 Å². The molecule has 12 heteroatoms. The van der Waals surface area contributed by atoms with E-state index in [-0.39, 0.29) is 11.5 Å². The third-order valence-electron chi connectivity index (χ3n) is 5.58. The number of H-pyrrole nitrogens is 1. The normalized spacial score (nSPS) is 15.7. The largest absolute Gasteiger partial charge is 0.359 e. The molecule has 5 N–H and O–H groups in total. The minimum Gasteiger partial charge on any atom is -0.359 e. The lowest BCUT2D eigenvalue weighted by atomic mass is 9.93. The molecule has 0 saturated carbocycles. The van der Waals surface area contributed by atoms with E-state index < -0.39 is 12.3 Å². The van der Waals surface area contributed by atoms with Gasteiger partial charge in [-0.1, -0.05) is 25.9 Å². The molecule has 0 bridgehead atoms. The Kier molecular flexibility index (Phi) is 6.87. The molecule has 1 unspecified atom stereocenters. The molecular weight excluding hydrogens is 452 g/mol. The first kappa shape index (κ1) is 24.4. The highest BCUT2D eigenvalue weighted by molar-refractivity contribution is 6.10. The SMILES string of the molecule is COC(CC1N=C(c2ccc(NC(=O)Nc3cc(C(C)(C)C)on3)cc2)N(N)c2cn[nH]c21)OC. The second-order valence-electron chi connectivity index (χ2n) is 9.13. The van der Waals surface area contributed by atoms with Crippen molar-refractivity contribution in [3.8, 4) is 0 Å². The van der Waals surface area contributed by atoms with Gasteiger partial charge in [0.05, 0.1) is 11.9 Å². The van der Waals surface area contributed by atoms with Crippen LogP contribution in [0, 0.1) is 0 Å². The van der Waals surface area contributed by atoms with Crippen LogP contribution in [0.4, 0.5) is 22.0 Å². The summed E-state index contributed by atoms with van der Waals surface area (Å²) < 4.78 is 16.0. The van der Waals surface area contributed by atoms with E-state index in [2.05, 4.69) is 26.0 Å². The number of hydrogen-bond donors (Lipinski definition) is 4. The summed E-state index contributed by atoms with van der Waals surface area (Å²) in [6.45, 7) is 6.00. The number of carbonyl (C=O) groups is 1. The van der Waals surface area contributed by atoms with Gasteiger partial charge in [-0.05, 0) is 24.3 Å². The summed E-state index contributed by atoms with van der Waals surface area (Å²) in [7, 11) is 3.16. The fraction of sp³-hybridized carbons (Fsp3) is 0.391. The first-order chi connectivity index (χ1) is 16.7. The van der Waals surface area contributed by atoms with Crippen LogP contribution < -0.4 is 21.5 Å². The maximum Gasteiger partial charge on any atom is 0.324 e. The molecule has 0 aliphatic carbocycles. The lowest BCUT2D eigenvalue weighted by Gasteiger charge is -2.29. The molecule has 0 radical (unpaired) electrons. The van der Waals surface area contributed by atoms with Crippen molar-refractivity contribution in [3.63, 3.8) is 0 Å². The van der Waals surface area contributed by atoms with Crippen LogP contribution in [-0.2, 0) is 14.9 Å². The van der Waals surface area contributed by atoms with Crippen molar-refractivity contribution in [2.45, 2.75) is 44.9 Å². The minimum absolute atomic E-state index is 0.206. The van der Waals surface area contributed by atoms with Crippen LogP contribution in [0.5, 0.6) is 0 Å².